The smallest absolute Gasteiger partial charge is 0.354 e. The van der Waals surface area contributed by atoms with E-state index in [0.29, 0.717) is 18.4 Å². The van der Waals surface area contributed by atoms with Gasteiger partial charge in [-0.2, -0.15) is 13.2 Å². The van der Waals surface area contributed by atoms with Gasteiger partial charge in [0.1, 0.15) is 5.69 Å². The summed E-state index contributed by atoms with van der Waals surface area (Å²) in [6.45, 7) is 8.78. The molecular weight excluding hydrogens is 419 g/mol. The second-order valence-corrected chi connectivity index (χ2v) is 8.80. The van der Waals surface area contributed by atoms with Gasteiger partial charge in [-0.15, -0.1) is 0 Å². The normalized spacial score (nSPS) is 21.1. The van der Waals surface area contributed by atoms with Crippen LogP contribution in [0.25, 0.3) is 0 Å². The summed E-state index contributed by atoms with van der Waals surface area (Å²) in [6, 6.07) is 6.81. The number of alkyl halides is 3. The number of anilines is 1. The van der Waals surface area contributed by atoms with E-state index < -0.39 is 11.9 Å². The Morgan fingerprint density at radius 1 is 1.09 bits per heavy atom. The molecule has 4 rings (SSSR count). The summed E-state index contributed by atoms with van der Waals surface area (Å²) >= 11 is 0. The zero-order chi connectivity index (χ0) is 22.9. The molecule has 3 heterocycles. The van der Waals surface area contributed by atoms with E-state index in [1.807, 2.05) is 36.9 Å². The summed E-state index contributed by atoms with van der Waals surface area (Å²) in [5.74, 6) is 1.08. The zero-order valence-corrected chi connectivity index (χ0v) is 18.3. The Kier molecular flexibility index (Phi) is 6.37. The van der Waals surface area contributed by atoms with Crippen LogP contribution < -0.4 is 5.32 Å². The maximum absolute atomic E-state index is 13.1. The van der Waals surface area contributed by atoms with Gasteiger partial charge in [-0.25, -0.2) is 9.97 Å². The number of fused-ring (bicyclic) bond motifs is 1. The average molecular weight is 448 g/mol. The summed E-state index contributed by atoms with van der Waals surface area (Å²) in [6.07, 6.45) is -2.57. The minimum atomic E-state index is -4.47. The van der Waals surface area contributed by atoms with Crippen LogP contribution in [0.5, 0.6) is 0 Å². The van der Waals surface area contributed by atoms with E-state index in [9.17, 15) is 18.0 Å². The summed E-state index contributed by atoms with van der Waals surface area (Å²) in [7, 11) is 0. The first kappa shape index (κ1) is 22.5. The molecule has 172 valence electrons. The lowest BCUT2D eigenvalue weighted by Crippen LogP contribution is -2.34. The number of hydrogen-bond donors (Lipinski definition) is 1. The molecule has 0 radical (unpaired) electrons. The van der Waals surface area contributed by atoms with E-state index >= 15 is 0 Å². The quantitative estimate of drug-likeness (QED) is 0.686. The van der Waals surface area contributed by atoms with Gasteiger partial charge in [0.05, 0.1) is 0 Å². The number of carbonyl (C=O) groups is 1. The van der Waals surface area contributed by atoms with E-state index in [2.05, 4.69) is 20.2 Å². The van der Waals surface area contributed by atoms with E-state index in [4.69, 9.17) is 0 Å². The van der Waals surface area contributed by atoms with Crippen molar-refractivity contribution >= 4 is 11.9 Å². The van der Waals surface area contributed by atoms with Crippen molar-refractivity contribution in [3.8, 4) is 0 Å². The first-order chi connectivity index (χ1) is 15.2. The third-order valence-electron chi connectivity index (χ3n) is 6.42. The maximum Gasteiger partial charge on any atom is 0.433 e. The van der Waals surface area contributed by atoms with Crippen LogP contribution in [-0.2, 0) is 6.18 Å². The van der Waals surface area contributed by atoms with E-state index in [1.165, 1.54) is 0 Å². The van der Waals surface area contributed by atoms with Crippen LogP contribution in [0.4, 0.5) is 19.1 Å². The van der Waals surface area contributed by atoms with Gasteiger partial charge >= 0.3 is 6.18 Å². The molecule has 2 atom stereocenters. The van der Waals surface area contributed by atoms with Gasteiger partial charge in [0.15, 0.2) is 0 Å². The molecule has 2 aliphatic heterocycles. The van der Waals surface area contributed by atoms with Gasteiger partial charge in [0.2, 0.25) is 5.95 Å². The molecule has 2 aromatic rings. The summed E-state index contributed by atoms with van der Waals surface area (Å²) in [5.41, 5.74) is 1.92. The van der Waals surface area contributed by atoms with Crippen molar-refractivity contribution in [2.75, 3.05) is 44.6 Å². The Hall–Kier alpha value is -2.68. The van der Waals surface area contributed by atoms with Crippen LogP contribution in [0.3, 0.4) is 0 Å². The minimum Gasteiger partial charge on any atom is -0.354 e. The van der Waals surface area contributed by atoms with E-state index in [1.54, 1.807) is 0 Å². The highest BCUT2D eigenvalue weighted by molar-refractivity contribution is 5.97. The van der Waals surface area contributed by atoms with Gasteiger partial charge < -0.3 is 15.1 Å². The van der Waals surface area contributed by atoms with Crippen molar-refractivity contribution in [2.45, 2.75) is 26.4 Å². The fourth-order valence-corrected chi connectivity index (χ4v) is 4.85. The lowest BCUT2D eigenvalue weighted by Gasteiger charge is -2.23. The maximum atomic E-state index is 13.1. The molecule has 32 heavy (non-hydrogen) atoms. The Bertz CT molecular complexity index is 946. The summed E-state index contributed by atoms with van der Waals surface area (Å²) in [5, 5.41) is 2.88. The number of aryl methyl sites for hydroxylation is 2. The van der Waals surface area contributed by atoms with Gasteiger partial charge in [0, 0.05) is 44.5 Å². The molecule has 1 amide bonds. The number of hydrogen-bond acceptors (Lipinski definition) is 5. The first-order valence-corrected chi connectivity index (χ1v) is 10.9. The van der Waals surface area contributed by atoms with Crippen molar-refractivity contribution in [3.63, 3.8) is 0 Å². The molecule has 0 saturated carbocycles. The molecule has 1 aromatic carbocycles. The van der Waals surface area contributed by atoms with Gasteiger partial charge in [-0.1, -0.05) is 18.2 Å². The Balaban J connectivity index is 1.22. The number of halogens is 3. The highest BCUT2D eigenvalue weighted by atomic mass is 19.4. The minimum absolute atomic E-state index is 0.00114. The predicted molar refractivity (Wildman–Crippen MR) is 115 cm³/mol. The number of carbonyl (C=O) groups excluding carboxylic acids is 1. The third-order valence-corrected chi connectivity index (χ3v) is 6.42. The van der Waals surface area contributed by atoms with Crippen LogP contribution in [0.1, 0.15) is 33.6 Å². The van der Waals surface area contributed by atoms with E-state index in [-0.39, 0.29) is 11.9 Å². The number of benzene rings is 1. The molecule has 2 unspecified atom stereocenters. The Morgan fingerprint density at radius 2 is 1.75 bits per heavy atom. The molecule has 2 saturated heterocycles. The zero-order valence-electron chi connectivity index (χ0n) is 18.3. The molecule has 0 bridgehead atoms. The molecular formula is C23H28F3N5O. The molecule has 0 spiro atoms. The standard InChI is InChI=1S/C23H28F3N5O/c1-15-5-3-6-16(2)20(15)21(32)31-13-17-11-30(12-18(17)14-31)10-4-8-27-22-28-9-7-19(29-22)23(24,25)26/h3,5-7,9,17-18H,4,8,10-14H2,1-2H3,(H,27,28,29). The van der Waals surface area contributed by atoms with Crippen LogP contribution in [-0.4, -0.2) is 64.9 Å². The number of nitrogens with zero attached hydrogens (tertiary/aromatic N) is 4. The fraction of sp³-hybridized carbons (Fsp3) is 0.522. The van der Waals surface area contributed by atoms with Gasteiger partial charge in [-0.05, 0) is 55.8 Å². The third kappa shape index (κ3) is 4.87. The van der Waals surface area contributed by atoms with Gasteiger partial charge in [-0.3, -0.25) is 4.79 Å². The number of likely N-dealkylation sites (tertiary alicyclic amines) is 2. The fourth-order valence-electron chi connectivity index (χ4n) is 4.85. The molecule has 2 fully saturated rings. The second-order valence-electron chi connectivity index (χ2n) is 8.80. The lowest BCUT2D eigenvalue weighted by atomic mass is 10.0. The Morgan fingerprint density at radius 3 is 2.38 bits per heavy atom. The van der Waals surface area contributed by atoms with Crippen LogP contribution in [0.15, 0.2) is 30.5 Å². The molecule has 1 aromatic heterocycles. The average Bonchev–Trinajstić information content (AvgIpc) is 3.29. The highest BCUT2D eigenvalue weighted by Gasteiger charge is 2.41. The molecule has 9 heteroatoms. The van der Waals surface area contributed by atoms with Crippen molar-refractivity contribution in [1.82, 2.24) is 19.8 Å². The van der Waals surface area contributed by atoms with E-state index in [0.717, 1.165) is 68.1 Å². The number of amides is 1. The van der Waals surface area contributed by atoms with Crippen LogP contribution >= 0.6 is 0 Å². The second kappa shape index (κ2) is 9.05. The van der Waals surface area contributed by atoms with Gasteiger partial charge in [0.25, 0.3) is 5.91 Å². The molecule has 0 aliphatic carbocycles. The monoisotopic (exact) mass is 447 g/mol. The summed E-state index contributed by atoms with van der Waals surface area (Å²) < 4.78 is 38.2. The molecule has 6 nitrogen and oxygen atoms in total. The predicted octanol–water partition coefficient (Wildman–Crippen LogP) is 3.62. The molecule has 2 aliphatic rings. The molecule has 1 N–H and O–H groups in total. The van der Waals surface area contributed by atoms with Crippen LogP contribution in [0, 0.1) is 25.7 Å². The van der Waals surface area contributed by atoms with Crippen molar-refractivity contribution in [3.05, 3.63) is 52.8 Å². The van der Waals surface area contributed by atoms with Crippen molar-refractivity contribution in [2.24, 2.45) is 11.8 Å². The number of nitrogens with one attached hydrogen (secondary N) is 1. The Labute approximate surface area is 185 Å². The van der Waals surface area contributed by atoms with Crippen LogP contribution in [0.2, 0.25) is 0 Å². The first-order valence-electron chi connectivity index (χ1n) is 10.9. The number of aromatic nitrogens is 2. The van der Waals surface area contributed by atoms with Crippen molar-refractivity contribution < 1.29 is 18.0 Å². The topological polar surface area (TPSA) is 61.4 Å². The van der Waals surface area contributed by atoms with Crippen molar-refractivity contribution in [1.29, 1.82) is 0 Å². The largest absolute Gasteiger partial charge is 0.433 e. The highest BCUT2D eigenvalue weighted by Crippen LogP contribution is 2.32. The number of rotatable bonds is 6. The summed E-state index contributed by atoms with van der Waals surface area (Å²) in [4.78, 5) is 24.8. The SMILES string of the molecule is Cc1cccc(C)c1C(=O)N1CC2CN(CCCNc3nccc(C(F)(F)F)n3)CC2C1. The lowest BCUT2D eigenvalue weighted by molar-refractivity contribution is -0.141.